The molecule has 8 rings (SSSR count). The van der Waals surface area contributed by atoms with E-state index in [2.05, 4.69) is 135 Å². The molecule has 0 radical (unpaired) electrons. The van der Waals surface area contributed by atoms with Gasteiger partial charge in [-0.2, -0.15) is 0 Å². The van der Waals surface area contributed by atoms with Crippen LogP contribution in [-0.4, -0.2) is 13.1 Å². The monoisotopic (exact) mass is 765 g/mol. The Morgan fingerprint density at radius 3 is 2.04 bits per heavy atom. The van der Waals surface area contributed by atoms with Crippen LogP contribution in [0, 0.1) is 11.8 Å². The van der Waals surface area contributed by atoms with Crippen LogP contribution in [0.3, 0.4) is 0 Å². The molecule has 3 aliphatic carbocycles. The predicted octanol–water partition coefficient (Wildman–Crippen LogP) is 14.2. The number of benzene rings is 4. The van der Waals surface area contributed by atoms with Crippen molar-refractivity contribution < 1.29 is 5.32 Å². The number of halogens is 1. The molecule has 1 aliphatic heterocycles. The van der Waals surface area contributed by atoms with Gasteiger partial charge in [0.2, 0.25) is 0 Å². The molecule has 0 aromatic heterocycles. The van der Waals surface area contributed by atoms with Gasteiger partial charge in [0.25, 0.3) is 0 Å². The SMILES string of the molecule is CC(C)CC[NH2+]c1ccc2ccccc2c1C1(C/C=C/C2=C(Cl)C(=C/C=C3/N(CCC(C)C)c4ccc5ccccc5c4C34CCCCC4)/CC2)CCCCC1. The lowest BCUT2D eigenvalue weighted by molar-refractivity contribution is -0.573. The zero-order chi connectivity index (χ0) is 38.7. The lowest BCUT2D eigenvalue weighted by Crippen LogP contribution is -2.79. The summed E-state index contributed by atoms with van der Waals surface area (Å²) in [5.74, 6) is 1.37. The van der Waals surface area contributed by atoms with Crippen LogP contribution in [-0.2, 0) is 10.8 Å². The minimum Gasteiger partial charge on any atom is -0.344 e. The molecule has 56 heavy (non-hydrogen) atoms. The average Bonchev–Trinajstić information content (AvgIpc) is 3.69. The molecule has 2 nitrogen and oxygen atoms in total. The van der Waals surface area contributed by atoms with Gasteiger partial charge in [0, 0.05) is 39.4 Å². The van der Waals surface area contributed by atoms with Crippen LogP contribution in [0.25, 0.3) is 21.5 Å². The summed E-state index contributed by atoms with van der Waals surface area (Å²) in [6.07, 6.45) is 28.2. The number of fused-ring (bicyclic) bond motifs is 5. The summed E-state index contributed by atoms with van der Waals surface area (Å²) in [7, 11) is 0. The van der Waals surface area contributed by atoms with Gasteiger partial charge in [0.15, 0.2) is 0 Å². The third-order valence-corrected chi connectivity index (χ3v) is 14.5. The molecule has 294 valence electrons. The van der Waals surface area contributed by atoms with Gasteiger partial charge in [-0.15, -0.1) is 0 Å². The fourth-order valence-electron chi connectivity index (χ4n) is 11.1. The van der Waals surface area contributed by atoms with Crippen LogP contribution in [0.5, 0.6) is 0 Å². The number of quaternary nitrogens is 1. The highest BCUT2D eigenvalue weighted by Gasteiger charge is 2.48. The smallest absolute Gasteiger partial charge is 0.134 e. The molecule has 0 unspecified atom stereocenters. The highest BCUT2D eigenvalue weighted by Crippen LogP contribution is 2.58. The second kappa shape index (κ2) is 17.1. The summed E-state index contributed by atoms with van der Waals surface area (Å²) in [5.41, 5.74) is 10.5. The molecule has 0 amide bonds. The molecule has 4 aromatic rings. The molecule has 0 saturated heterocycles. The normalized spacial score (nSPS) is 21.0. The van der Waals surface area contributed by atoms with Gasteiger partial charge in [-0.25, -0.2) is 0 Å². The summed E-state index contributed by atoms with van der Waals surface area (Å²) >= 11 is 7.38. The Morgan fingerprint density at radius 2 is 1.34 bits per heavy atom. The van der Waals surface area contributed by atoms with Crippen LogP contribution in [0.4, 0.5) is 11.4 Å². The van der Waals surface area contributed by atoms with Crippen molar-refractivity contribution in [3.05, 3.63) is 130 Å². The zero-order valence-corrected chi connectivity index (χ0v) is 35.6. The van der Waals surface area contributed by atoms with E-state index in [1.54, 1.807) is 11.1 Å². The van der Waals surface area contributed by atoms with E-state index in [4.69, 9.17) is 11.6 Å². The quantitative estimate of drug-likeness (QED) is 0.142. The second-order valence-electron chi connectivity index (χ2n) is 18.6. The van der Waals surface area contributed by atoms with E-state index in [0.717, 1.165) is 37.4 Å². The van der Waals surface area contributed by atoms with Crippen molar-refractivity contribution in [3.8, 4) is 0 Å². The van der Waals surface area contributed by atoms with Crippen molar-refractivity contribution in [1.82, 2.24) is 0 Å². The Morgan fingerprint density at radius 1 is 0.696 bits per heavy atom. The van der Waals surface area contributed by atoms with Crippen LogP contribution < -0.4 is 10.2 Å². The molecular weight excluding hydrogens is 700 g/mol. The second-order valence-corrected chi connectivity index (χ2v) is 19.0. The third kappa shape index (κ3) is 7.70. The Hall–Kier alpha value is -3.59. The van der Waals surface area contributed by atoms with E-state index in [9.17, 15) is 0 Å². The number of rotatable bonds is 12. The van der Waals surface area contributed by atoms with E-state index in [1.807, 2.05) is 0 Å². The number of hydrogen-bond acceptors (Lipinski definition) is 1. The predicted molar refractivity (Wildman–Crippen MR) is 242 cm³/mol. The third-order valence-electron chi connectivity index (χ3n) is 14.0. The molecule has 2 N–H and O–H groups in total. The van der Waals surface area contributed by atoms with E-state index in [1.165, 1.54) is 127 Å². The summed E-state index contributed by atoms with van der Waals surface area (Å²) < 4.78 is 0. The van der Waals surface area contributed by atoms with Gasteiger partial charge >= 0.3 is 0 Å². The summed E-state index contributed by atoms with van der Waals surface area (Å²) in [6.45, 7) is 11.6. The number of allylic oxidation sites excluding steroid dienone is 8. The molecule has 4 aliphatic rings. The van der Waals surface area contributed by atoms with Gasteiger partial charge in [-0.1, -0.05) is 151 Å². The van der Waals surface area contributed by atoms with Crippen LogP contribution in [0.2, 0.25) is 0 Å². The van der Waals surface area contributed by atoms with Gasteiger partial charge in [-0.05, 0) is 132 Å². The fourth-order valence-corrected chi connectivity index (χ4v) is 11.4. The van der Waals surface area contributed by atoms with Crippen molar-refractivity contribution in [2.45, 2.75) is 135 Å². The maximum Gasteiger partial charge on any atom is 0.134 e. The molecule has 2 fully saturated rings. The van der Waals surface area contributed by atoms with Gasteiger partial charge in [0.1, 0.15) is 5.69 Å². The number of nitrogens with zero attached hydrogens (tertiary/aromatic N) is 1. The summed E-state index contributed by atoms with van der Waals surface area (Å²) in [4.78, 5) is 2.71. The van der Waals surface area contributed by atoms with E-state index in [0.29, 0.717) is 11.8 Å². The van der Waals surface area contributed by atoms with Crippen LogP contribution in [0.1, 0.15) is 135 Å². The maximum atomic E-state index is 7.38. The molecule has 2 saturated carbocycles. The molecule has 1 spiro atoms. The van der Waals surface area contributed by atoms with E-state index < -0.39 is 0 Å². The van der Waals surface area contributed by atoms with Crippen LogP contribution >= 0.6 is 11.6 Å². The van der Waals surface area contributed by atoms with E-state index in [-0.39, 0.29) is 10.8 Å². The first-order valence-electron chi connectivity index (χ1n) is 22.4. The summed E-state index contributed by atoms with van der Waals surface area (Å²) in [5, 5.41) is 9.18. The number of anilines is 1. The zero-order valence-electron chi connectivity index (χ0n) is 34.8. The van der Waals surface area contributed by atoms with Gasteiger partial charge in [-0.3, -0.25) is 0 Å². The number of nitrogens with two attached hydrogens (primary N) is 1. The van der Waals surface area contributed by atoms with Crippen molar-refractivity contribution in [2.75, 3.05) is 18.0 Å². The molecule has 0 atom stereocenters. The van der Waals surface area contributed by atoms with Gasteiger partial charge in [0.05, 0.1) is 6.54 Å². The maximum absolute atomic E-state index is 7.38. The summed E-state index contributed by atoms with van der Waals surface area (Å²) in [6, 6.07) is 27.8. The molecule has 0 bridgehead atoms. The minimum absolute atomic E-state index is 0.0704. The van der Waals surface area contributed by atoms with Crippen molar-refractivity contribution in [1.29, 1.82) is 0 Å². The first-order valence-corrected chi connectivity index (χ1v) is 22.8. The first-order chi connectivity index (χ1) is 27.3. The Bertz CT molecular complexity index is 2150. The molecular formula is C53H66ClN2+. The Labute approximate surface area is 343 Å². The largest absolute Gasteiger partial charge is 0.344 e. The standard InChI is InChI=1S/C53H65ClN2/c1-38(2)29-36-55-46-26-23-40-16-7-9-19-44(40)49(46)52(31-11-5-12-32-52)33-15-18-42-21-22-43(51(42)54)25-28-48-53(34-13-6-14-35-53)50-45-20-10-8-17-41(45)24-27-47(50)56(48)37-30-39(3)4/h7-10,15-20,23-28,38-39,55H,5-6,11-14,21-22,29-37H2,1-4H3/p+1/b18-15+,43-25+,48-28+. The van der Waals surface area contributed by atoms with Crippen LogP contribution in [0.15, 0.2) is 119 Å². The lowest BCUT2D eigenvalue weighted by atomic mass is 9.65. The minimum atomic E-state index is 0.0704. The van der Waals surface area contributed by atoms with Crippen molar-refractivity contribution in [3.63, 3.8) is 0 Å². The molecule has 1 heterocycles. The van der Waals surface area contributed by atoms with Gasteiger partial charge < -0.3 is 10.2 Å². The van der Waals surface area contributed by atoms with E-state index >= 15 is 0 Å². The topological polar surface area (TPSA) is 19.9 Å². The number of hydrogen-bond donors (Lipinski definition) is 1. The average molecular weight is 767 g/mol. The molecule has 4 aromatic carbocycles. The van der Waals surface area contributed by atoms with Crippen molar-refractivity contribution in [2.24, 2.45) is 11.8 Å². The van der Waals surface area contributed by atoms with Crippen molar-refractivity contribution >= 4 is 44.5 Å². The fraction of sp³-hybridized carbons (Fsp3) is 0.472. The molecule has 3 heteroatoms. The Kier molecular flexibility index (Phi) is 12.0. The lowest BCUT2D eigenvalue weighted by Gasteiger charge is -2.38. The first kappa shape index (κ1) is 39.2. The highest BCUT2D eigenvalue weighted by atomic mass is 35.5. The Balaban J connectivity index is 1.12. The highest BCUT2D eigenvalue weighted by molar-refractivity contribution is 6.33.